The van der Waals surface area contributed by atoms with Gasteiger partial charge in [-0.15, -0.1) is 0 Å². The van der Waals surface area contributed by atoms with Crippen LogP contribution in [0.15, 0.2) is 48.5 Å². The van der Waals surface area contributed by atoms with E-state index in [9.17, 15) is 13.2 Å². The number of nitrogens with one attached hydrogen (secondary N) is 1. The molecule has 0 atom stereocenters. The minimum Gasteiger partial charge on any atom is -0.493 e. The van der Waals surface area contributed by atoms with Gasteiger partial charge in [0.1, 0.15) is 5.75 Å². The Kier molecular flexibility index (Phi) is 8.00. The Morgan fingerprint density at radius 3 is 2.21 bits per heavy atom. The number of para-hydroxylation sites is 2. The summed E-state index contributed by atoms with van der Waals surface area (Å²) in [6.45, 7) is 2.48. The highest BCUT2D eigenvalue weighted by Crippen LogP contribution is 2.30. The lowest BCUT2D eigenvalue weighted by atomic mass is 10.2. The molecule has 1 N–H and O–H groups in total. The minimum absolute atomic E-state index is 0.192. The van der Waals surface area contributed by atoms with E-state index < -0.39 is 10.2 Å². The number of benzene rings is 2. The zero-order valence-corrected chi connectivity index (χ0v) is 17.9. The van der Waals surface area contributed by atoms with E-state index in [1.807, 2.05) is 12.1 Å². The highest BCUT2D eigenvalue weighted by molar-refractivity contribution is 7.86. The van der Waals surface area contributed by atoms with Crippen molar-refractivity contribution >= 4 is 16.1 Å². The van der Waals surface area contributed by atoms with E-state index >= 15 is 0 Å². The summed E-state index contributed by atoms with van der Waals surface area (Å²) in [5.74, 6) is 1.48. The second-order valence-electron chi connectivity index (χ2n) is 6.32. The standard InChI is InChI=1S/C20H27N3O5S/c1-5-23(29(25,26)22(2)3)15-14-21-20(24)16-10-12-17(13-11-16)28-19-9-7-6-8-18(19)27-4/h6-13H,5,14-15H2,1-4H3,(H,21,24). The second kappa shape index (κ2) is 10.2. The highest BCUT2D eigenvalue weighted by Gasteiger charge is 2.22. The molecule has 158 valence electrons. The monoisotopic (exact) mass is 421 g/mol. The smallest absolute Gasteiger partial charge is 0.281 e. The number of amides is 1. The van der Waals surface area contributed by atoms with Gasteiger partial charge in [0.05, 0.1) is 7.11 Å². The van der Waals surface area contributed by atoms with E-state index in [0.29, 0.717) is 29.4 Å². The van der Waals surface area contributed by atoms with Crippen LogP contribution in [-0.2, 0) is 10.2 Å². The fraction of sp³-hybridized carbons (Fsp3) is 0.350. The fourth-order valence-corrected chi connectivity index (χ4v) is 3.68. The van der Waals surface area contributed by atoms with Crippen molar-refractivity contribution in [3.05, 3.63) is 54.1 Å². The molecule has 0 aromatic heterocycles. The van der Waals surface area contributed by atoms with E-state index in [1.54, 1.807) is 50.4 Å². The number of carbonyl (C=O) groups excluding carboxylic acids is 1. The zero-order valence-electron chi connectivity index (χ0n) is 17.1. The van der Waals surface area contributed by atoms with Gasteiger partial charge in [0.2, 0.25) is 0 Å². The molecule has 0 fully saturated rings. The number of hydrogen-bond acceptors (Lipinski definition) is 5. The lowest BCUT2D eigenvalue weighted by Gasteiger charge is -2.24. The van der Waals surface area contributed by atoms with Crippen LogP contribution >= 0.6 is 0 Å². The molecular weight excluding hydrogens is 394 g/mol. The van der Waals surface area contributed by atoms with Crippen LogP contribution in [0.3, 0.4) is 0 Å². The molecule has 0 bridgehead atoms. The average Bonchev–Trinajstić information content (AvgIpc) is 2.71. The van der Waals surface area contributed by atoms with Gasteiger partial charge in [0.25, 0.3) is 16.1 Å². The molecule has 2 aromatic carbocycles. The molecule has 29 heavy (non-hydrogen) atoms. The van der Waals surface area contributed by atoms with Gasteiger partial charge in [0.15, 0.2) is 11.5 Å². The summed E-state index contributed by atoms with van der Waals surface area (Å²) in [5, 5.41) is 2.74. The van der Waals surface area contributed by atoms with Crippen molar-refractivity contribution in [3.63, 3.8) is 0 Å². The van der Waals surface area contributed by atoms with E-state index in [4.69, 9.17) is 9.47 Å². The molecule has 0 radical (unpaired) electrons. The Balaban J connectivity index is 1.93. The molecular formula is C20H27N3O5S. The van der Waals surface area contributed by atoms with Crippen LogP contribution in [0.1, 0.15) is 17.3 Å². The molecule has 0 heterocycles. The van der Waals surface area contributed by atoms with Crippen molar-refractivity contribution < 1.29 is 22.7 Å². The Morgan fingerprint density at radius 1 is 1.03 bits per heavy atom. The first-order valence-electron chi connectivity index (χ1n) is 9.16. The van der Waals surface area contributed by atoms with Crippen LogP contribution in [0.25, 0.3) is 0 Å². The Hall–Kier alpha value is -2.62. The summed E-state index contributed by atoms with van der Waals surface area (Å²) in [7, 11) is 1.02. The van der Waals surface area contributed by atoms with Gasteiger partial charge >= 0.3 is 0 Å². The van der Waals surface area contributed by atoms with Gasteiger partial charge in [-0.05, 0) is 36.4 Å². The van der Waals surface area contributed by atoms with Crippen molar-refractivity contribution in [2.24, 2.45) is 0 Å². The third-order valence-corrected chi connectivity index (χ3v) is 6.22. The molecule has 0 saturated carbocycles. The normalized spacial score (nSPS) is 11.5. The van der Waals surface area contributed by atoms with E-state index in [0.717, 1.165) is 4.31 Å². The van der Waals surface area contributed by atoms with E-state index in [-0.39, 0.29) is 19.0 Å². The third kappa shape index (κ3) is 5.93. The van der Waals surface area contributed by atoms with Crippen molar-refractivity contribution in [3.8, 4) is 17.2 Å². The quantitative estimate of drug-likeness (QED) is 0.636. The number of rotatable bonds is 10. The lowest BCUT2D eigenvalue weighted by molar-refractivity contribution is 0.0951. The van der Waals surface area contributed by atoms with Gasteiger partial charge in [-0.1, -0.05) is 19.1 Å². The molecule has 0 unspecified atom stereocenters. The van der Waals surface area contributed by atoms with Crippen molar-refractivity contribution in [2.75, 3.05) is 40.8 Å². The van der Waals surface area contributed by atoms with Crippen molar-refractivity contribution in [1.29, 1.82) is 0 Å². The summed E-state index contributed by atoms with van der Waals surface area (Å²) < 4.78 is 37.8. The predicted molar refractivity (Wildman–Crippen MR) is 112 cm³/mol. The molecule has 0 saturated heterocycles. The fourth-order valence-electron chi connectivity index (χ4n) is 2.57. The molecule has 0 aliphatic rings. The van der Waals surface area contributed by atoms with Gasteiger partial charge in [-0.25, -0.2) is 0 Å². The van der Waals surface area contributed by atoms with Crippen LogP contribution < -0.4 is 14.8 Å². The summed E-state index contributed by atoms with van der Waals surface area (Å²) in [6, 6.07) is 14.0. The molecule has 2 rings (SSSR count). The van der Waals surface area contributed by atoms with Crippen molar-refractivity contribution in [2.45, 2.75) is 6.92 Å². The van der Waals surface area contributed by atoms with Gasteiger partial charge < -0.3 is 14.8 Å². The summed E-state index contributed by atoms with van der Waals surface area (Å²) in [6.07, 6.45) is 0. The number of nitrogens with zero attached hydrogens (tertiary/aromatic N) is 2. The Labute approximate surface area is 172 Å². The molecule has 8 nitrogen and oxygen atoms in total. The molecule has 0 aliphatic heterocycles. The molecule has 0 spiro atoms. The molecule has 0 aliphatic carbocycles. The topological polar surface area (TPSA) is 88.2 Å². The summed E-state index contributed by atoms with van der Waals surface area (Å²) >= 11 is 0. The first-order valence-corrected chi connectivity index (χ1v) is 10.6. The van der Waals surface area contributed by atoms with Crippen LogP contribution in [0.4, 0.5) is 0 Å². The molecule has 9 heteroatoms. The predicted octanol–water partition coefficient (Wildman–Crippen LogP) is 2.35. The number of ether oxygens (including phenoxy) is 2. The maximum Gasteiger partial charge on any atom is 0.281 e. The summed E-state index contributed by atoms with van der Waals surface area (Å²) in [4.78, 5) is 12.3. The number of carbonyl (C=O) groups is 1. The first-order chi connectivity index (χ1) is 13.8. The van der Waals surface area contributed by atoms with E-state index in [1.165, 1.54) is 18.4 Å². The van der Waals surface area contributed by atoms with E-state index in [2.05, 4.69) is 5.32 Å². The first kappa shape index (κ1) is 22.7. The summed E-state index contributed by atoms with van der Waals surface area (Å²) in [5.41, 5.74) is 0.455. The number of methoxy groups -OCH3 is 1. The van der Waals surface area contributed by atoms with Crippen LogP contribution in [0, 0.1) is 0 Å². The highest BCUT2D eigenvalue weighted by atomic mass is 32.2. The second-order valence-corrected chi connectivity index (χ2v) is 8.46. The third-order valence-electron chi connectivity index (χ3n) is 4.20. The number of likely N-dealkylation sites (N-methyl/N-ethyl adjacent to an activating group) is 1. The van der Waals surface area contributed by atoms with Crippen LogP contribution in [-0.4, -0.2) is 63.8 Å². The average molecular weight is 422 g/mol. The van der Waals surface area contributed by atoms with Gasteiger partial charge in [-0.2, -0.15) is 17.0 Å². The van der Waals surface area contributed by atoms with Gasteiger partial charge in [0, 0.05) is 39.3 Å². The zero-order chi connectivity index (χ0) is 21.4. The van der Waals surface area contributed by atoms with Crippen LogP contribution in [0.5, 0.6) is 17.2 Å². The minimum atomic E-state index is -3.50. The maximum atomic E-state index is 12.3. The van der Waals surface area contributed by atoms with Gasteiger partial charge in [-0.3, -0.25) is 4.79 Å². The maximum absolute atomic E-state index is 12.3. The Bertz CT molecular complexity index is 914. The lowest BCUT2D eigenvalue weighted by Crippen LogP contribution is -2.43. The van der Waals surface area contributed by atoms with Crippen molar-refractivity contribution in [1.82, 2.24) is 13.9 Å². The Morgan fingerprint density at radius 2 is 1.66 bits per heavy atom. The molecule has 2 aromatic rings. The number of hydrogen-bond donors (Lipinski definition) is 1. The largest absolute Gasteiger partial charge is 0.493 e. The SMILES string of the molecule is CCN(CCNC(=O)c1ccc(Oc2ccccc2OC)cc1)S(=O)(=O)N(C)C. The van der Waals surface area contributed by atoms with Crippen LogP contribution in [0.2, 0.25) is 0 Å². The molecule has 1 amide bonds.